The Morgan fingerprint density at radius 3 is 2.28 bits per heavy atom. The van der Waals surface area contributed by atoms with Gasteiger partial charge in [-0.3, -0.25) is 0 Å². The van der Waals surface area contributed by atoms with Crippen LogP contribution in [0.3, 0.4) is 0 Å². The molecule has 0 atom stereocenters. The van der Waals surface area contributed by atoms with E-state index in [1.54, 1.807) is 11.1 Å². The minimum atomic E-state index is 1.17. The molecule has 0 fully saturated rings. The molecule has 0 nitrogen and oxygen atoms in total. The fourth-order valence-electron chi connectivity index (χ4n) is 3.10. The summed E-state index contributed by atoms with van der Waals surface area (Å²) in [6.07, 6.45) is 15.3. The van der Waals surface area contributed by atoms with E-state index in [0.29, 0.717) is 0 Å². The summed E-state index contributed by atoms with van der Waals surface area (Å²) in [5.74, 6) is 0. The SMILES string of the molecule is C1=C(Cc2ccc(C3=CCCCC3)cc2)CCC1. The fraction of sp³-hybridized carbons (Fsp3) is 0.444. The summed E-state index contributed by atoms with van der Waals surface area (Å²) >= 11 is 0. The highest BCUT2D eigenvalue weighted by Crippen LogP contribution is 2.27. The highest BCUT2D eigenvalue weighted by Gasteiger charge is 2.08. The third-order valence-electron chi connectivity index (χ3n) is 4.18. The molecule has 0 unspecified atom stereocenters. The number of rotatable bonds is 3. The molecule has 0 saturated heterocycles. The van der Waals surface area contributed by atoms with E-state index < -0.39 is 0 Å². The molecule has 0 heteroatoms. The zero-order chi connectivity index (χ0) is 12.2. The summed E-state index contributed by atoms with van der Waals surface area (Å²) in [6, 6.07) is 9.29. The maximum Gasteiger partial charge on any atom is -0.00671 e. The Morgan fingerprint density at radius 2 is 1.61 bits per heavy atom. The van der Waals surface area contributed by atoms with Gasteiger partial charge in [0.2, 0.25) is 0 Å². The van der Waals surface area contributed by atoms with Crippen LogP contribution in [-0.4, -0.2) is 0 Å². The molecule has 3 rings (SSSR count). The van der Waals surface area contributed by atoms with E-state index in [-0.39, 0.29) is 0 Å². The molecule has 18 heavy (non-hydrogen) atoms. The van der Waals surface area contributed by atoms with Crippen LogP contribution >= 0.6 is 0 Å². The van der Waals surface area contributed by atoms with Crippen LogP contribution in [0.15, 0.2) is 42.0 Å². The predicted octanol–water partition coefficient (Wildman–Crippen LogP) is 5.30. The molecule has 94 valence electrons. The van der Waals surface area contributed by atoms with E-state index in [4.69, 9.17) is 0 Å². The standard InChI is InChI=1S/C18H22/c1-2-8-17(9-3-1)18-12-10-16(11-13-18)14-15-6-4-5-7-15/h6,8,10-13H,1-5,7,9,14H2. The summed E-state index contributed by atoms with van der Waals surface area (Å²) in [5, 5.41) is 0. The highest BCUT2D eigenvalue weighted by atomic mass is 14.1. The van der Waals surface area contributed by atoms with Gasteiger partial charge in [0.05, 0.1) is 0 Å². The van der Waals surface area contributed by atoms with Gasteiger partial charge < -0.3 is 0 Å². The van der Waals surface area contributed by atoms with Crippen molar-refractivity contribution < 1.29 is 0 Å². The Kier molecular flexibility index (Phi) is 3.64. The van der Waals surface area contributed by atoms with E-state index in [1.807, 2.05) is 0 Å². The molecule has 0 saturated carbocycles. The van der Waals surface area contributed by atoms with Gasteiger partial charge in [-0.2, -0.15) is 0 Å². The van der Waals surface area contributed by atoms with Gasteiger partial charge in [-0.15, -0.1) is 0 Å². The van der Waals surface area contributed by atoms with Crippen LogP contribution < -0.4 is 0 Å². The average Bonchev–Trinajstić information content (AvgIpc) is 2.94. The van der Waals surface area contributed by atoms with Gasteiger partial charge in [0, 0.05) is 0 Å². The van der Waals surface area contributed by atoms with Crippen molar-refractivity contribution in [1.82, 2.24) is 0 Å². The molecule has 0 heterocycles. The van der Waals surface area contributed by atoms with Gasteiger partial charge in [-0.25, -0.2) is 0 Å². The third-order valence-corrected chi connectivity index (χ3v) is 4.18. The number of hydrogen-bond donors (Lipinski definition) is 0. The fourth-order valence-corrected chi connectivity index (χ4v) is 3.10. The normalized spacial score (nSPS) is 19.6. The second-order valence-corrected chi connectivity index (χ2v) is 5.60. The largest absolute Gasteiger partial charge is 0.0850 e. The van der Waals surface area contributed by atoms with Gasteiger partial charge in [0.1, 0.15) is 0 Å². The van der Waals surface area contributed by atoms with Crippen LogP contribution in [0.2, 0.25) is 0 Å². The molecule has 0 spiro atoms. The van der Waals surface area contributed by atoms with E-state index in [0.717, 1.165) is 0 Å². The molecule has 0 aliphatic heterocycles. The Labute approximate surface area is 110 Å². The zero-order valence-corrected chi connectivity index (χ0v) is 11.1. The van der Waals surface area contributed by atoms with E-state index >= 15 is 0 Å². The monoisotopic (exact) mass is 238 g/mol. The molecule has 1 aromatic carbocycles. The molecule has 1 aromatic rings. The lowest BCUT2D eigenvalue weighted by molar-refractivity contribution is 0.742. The van der Waals surface area contributed by atoms with E-state index in [2.05, 4.69) is 36.4 Å². The summed E-state index contributed by atoms with van der Waals surface area (Å²) in [4.78, 5) is 0. The lowest BCUT2D eigenvalue weighted by Gasteiger charge is -2.13. The van der Waals surface area contributed by atoms with Gasteiger partial charge in [-0.05, 0) is 68.1 Å². The Morgan fingerprint density at radius 1 is 0.778 bits per heavy atom. The van der Waals surface area contributed by atoms with Crippen molar-refractivity contribution in [3.8, 4) is 0 Å². The summed E-state index contributed by atoms with van der Waals surface area (Å²) in [7, 11) is 0. The van der Waals surface area contributed by atoms with Crippen LogP contribution in [0.1, 0.15) is 56.1 Å². The predicted molar refractivity (Wildman–Crippen MR) is 78.5 cm³/mol. The summed E-state index contributed by atoms with van der Waals surface area (Å²) < 4.78 is 0. The lowest BCUT2D eigenvalue weighted by atomic mass is 9.92. The van der Waals surface area contributed by atoms with Crippen molar-refractivity contribution in [2.45, 2.75) is 51.4 Å². The number of benzene rings is 1. The lowest BCUT2D eigenvalue weighted by Crippen LogP contribution is -1.93. The Bertz CT molecular complexity index is 459. The quantitative estimate of drug-likeness (QED) is 0.627. The van der Waals surface area contributed by atoms with Crippen molar-refractivity contribution in [2.75, 3.05) is 0 Å². The maximum absolute atomic E-state index is 2.43. The van der Waals surface area contributed by atoms with Crippen molar-refractivity contribution >= 4 is 5.57 Å². The van der Waals surface area contributed by atoms with Crippen LogP contribution in [0.4, 0.5) is 0 Å². The number of allylic oxidation sites excluding steroid dienone is 4. The molecule has 0 amide bonds. The first-order valence-corrected chi connectivity index (χ1v) is 7.38. The van der Waals surface area contributed by atoms with Crippen molar-refractivity contribution in [1.29, 1.82) is 0 Å². The Balaban J connectivity index is 1.70. The van der Waals surface area contributed by atoms with E-state index in [1.165, 1.54) is 62.5 Å². The second kappa shape index (κ2) is 5.56. The molecule has 0 N–H and O–H groups in total. The molecule has 2 aliphatic rings. The molecular weight excluding hydrogens is 216 g/mol. The van der Waals surface area contributed by atoms with Crippen LogP contribution in [-0.2, 0) is 6.42 Å². The minimum absolute atomic E-state index is 1.17. The smallest absolute Gasteiger partial charge is 0.00671 e. The van der Waals surface area contributed by atoms with Crippen molar-refractivity contribution in [3.05, 3.63) is 53.1 Å². The van der Waals surface area contributed by atoms with Gasteiger partial charge in [0.15, 0.2) is 0 Å². The second-order valence-electron chi connectivity index (χ2n) is 5.60. The number of hydrogen-bond acceptors (Lipinski definition) is 0. The first-order valence-electron chi connectivity index (χ1n) is 7.38. The first-order chi connectivity index (χ1) is 8.92. The molecular formula is C18H22. The minimum Gasteiger partial charge on any atom is -0.0850 e. The van der Waals surface area contributed by atoms with Gasteiger partial charge >= 0.3 is 0 Å². The Hall–Kier alpha value is -1.30. The molecule has 0 radical (unpaired) electrons. The highest BCUT2D eigenvalue weighted by molar-refractivity contribution is 5.66. The summed E-state index contributed by atoms with van der Waals surface area (Å²) in [6.45, 7) is 0. The van der Waals surface area contributed by atoms with Crippen molar-refractivity contribution in [3.63, 3.8) is 0 Å². The van der Waals surface area contributed by atoms with Crippen LogP contribution in [0.5, 0.6) is 0 Å². The topological polar surface area (TPSA) is 0 Å². The average molecular weight is 238 g/mol. The summed E-state index contributed by atoms with van der Waals surface area (Å²) in [5.41, 5.74) is 6.12. The third kappa shape index (κ3) is 2.75. The van der Waals surface area contributed by atoms with Crippen LogP contribution in [0.25, 0.3) is 5.57 Å². The van der Waals surface area contributed by atoms with Crippen molar-refractivity contribution in [2.24, 2.45) is 0 Å². The zero-order valence-electron chi connectivity index (χ0n) is 11.1. The maximum atomic E-state index is 2.43. The van der Waals surface area contributed by atoms with E-state index in [9.17, 15) is 0 Å². The van der Waals surface area contributed by atoms with Gasteiger partial charge in [0.25, 0.3) is 0 Å². The van der Waals surface area contributed by atoms with Crippen LogP contribution in [0, 0.1) is 0 Å². The molecule has 0 aromatic heterocycles. The van der Waals surface area contributed by atoms with Gasteiger partial charge in [-0.1, -0.05) is 42.0 Å². The molecule has 0 bridgehead atoms. The molecule has 2 aliphatic carbocycles. The first kappa shape index (κ1) is 11.8.